The number of aliphatic imine (C=N–C) groups is 5. The highest BCUT2D eigenvalue weighted by atomic mass is 16.7. The third-order valence-corrected chi connectivity index (χ3v) is 11.8. The molecule has 2 aliphatic rings. The lowest BCUT2D eigenvalue weighted by Crippen LogP contribution is -2.42. The van der Waals surface area contributed by atoms with Crippen LogP contribution in [-0.2, 0) is 29.0 Å². The van der Waals surface area contributed by atoms with E-state index in [4.69, 9.17) is 34.0 Å². The molecule has 5 rings (SSSR count). The molecule has 0 saturated heterocycles. The zero-order chi connectivity index (χ0) is 76.0. The molecular weight excluding hydrogens is 1270 g/mol. The molecule has 3 aromatic rings. The average molecular weight is 1410 g/mol. The molecule has 0 aromatic heterocycles. The van der Waals surface area contributed by atoms with E-state index in [-0.39, 0.29) is 46.4 Å². The van der Waals surface area contributed by atoms with Gasteiger partial charge in [0.25, 0.3) is 0 Å². The van der Waals surface area contributed by atoms with Gasteiger partial charge < -0.3 is 66.0 Å². The summed E-state index contributed by atoms with van der Waals surface area (Å²) < 4.78 is 0. The number of hydrogen-bond donors (Lipinski definition) is 7. The Hall–Kier alpha value is -8.83. The van der Waals surface area contributed by atoms with Gasteiger partial charge >= 0.3 is 30.1 Å². The van der Waals surface area contributed by atoms with Crippen LogP contribution < -0.4 is 31.9 Å². The molecule has 0 aliphatic heterocycles. The SMILES string of the molecule is C.C(=N\OC(=NC1CCCCC1)NC1CCCCC1)/c1ccccc1.C=C(NC)ON=C(C)C.CC(C)(C)N=C(NC(C)(C)C)O/N=C/c1ccccc1.CC(C)(C)N=C(NC(C)(C)C)O/N=C/c1ccccc1O.CN=C(NC(C)(C)C)ON=C(C)C.CN=C(NC(C)(C)C)ON=C(C)C. The van der Waals surface area contributed by atoms with Crippen LogP contribution in [-0.4, -0.2) is 137 Å². The zero-order valence-electron chi connectivity index (χ0n) is 66.1. The van der Waals surface area contributed by atoms with Crippen molar-refractivity contribution in [3.8, 4) is 5.75 Å². The predicted octanol–water partition coefficient (Wildman–Crippen LogP) is 16.8. The quantitative estimate of drug-likeness (QED) is 0.0363. The van der Waals surface area contributed by atoms with Crippen LogP contribution in [0, 0.1) is 0 Å². The van der Waals surface area contributed by atoms with Gasteiger partial charge in [0.1, 0.15) is 5.75 Å². The van der Waals surface area contributed by atoms with Crippen molar-refractivity contribution in [2.24, 2.45) is 55.9 Å². The average Bonchev–Trinajstić information content (AvgIpc) is 0.925. The van der Waals surface area contributed by atoms with Crippen LogP contribution in [0.3, 0.4) is 0 Å². The number of oxime groups is 6. The fourth-order valence-electron chi connectivity index (χ4n) is 7.70. The molecule has 0 heterocycles. The number of nitrogens with one attached hydrogen (secondary N) is 6. The number of para-hydroxylation sites is 1. The van der Waals surface area contributed by atoms with E-state index in [1.54, 1.807) is 51.8 Å². The van der Waals surface area contributed by atoms with Crippen molar-refractivity contribution in [1.82, 2.24) is 31.9 Å². The molecule has 0 spiro atoms. The highest BCUT2D eigenvalue weighted by Crippen LogP contribution is 2.22. The van der Waals surface area contributed by atoms with Gasteiger partial charge in [-0.2, -0.15) is 0 Å². The monoisotopic (exact) mass is 1410 g/mol. The van der Waals surface area contributed by atoms with Gasteiger partial charge in [-0.15, -0.1) is 0 Å². The summed E-state index contributed by atoms with van der Waals surface area (Å²) >= 11 is 0. The Morgan fingerprint density at radius 2 is 0.772 bits per heavy atom. The van der Waals surface area contributed by atoms with Crippen molar-refractivity contribution in [2.75, 3.05) is 21.1 Å². The van der Waals surface area contributed by atoms with E-state index < -0.39 is 0 Å². The molecule has 3 aromatic carbocycles. The zero-order valence-corrected chi connectivity index (χ0v) is 66.1. The van der Waals surface area contributed by atoms with Crippen molar-refractivity contribution in [1.29, 1.82) is 0 Å². The van der Waals surface area contributed by atoms with Gasteiger partial charge in [0, 0.05) is 54.9 Å². The summed E-state index contributed by atoms with van der Waals surface area (Å²) in [6.07, 6.45) is 17.4. The number of nitrogens with zero attached hydrogens (tertiary/aromatic N) is 11. The first-order valence-corrected chi connectivity index (χ1v) is 34.5. The van der Waals surface area contributed by atoms with Crippen molar-refractivity contribution < 1.29 is 34.1 Å². The van der Waals surface area contributed by atoms with Crippen LogP contribution in [0.1, 0.15) is 254 Å². The Balaban J connectivity index is 0. The number of phenols is 1. The van der Waals surface area contributed by atoms with Gasteiger partial charge in [-0.25, -0.2) is 25.0 Å². The number of rotatable bonds is 13. The van der Waals surface area contributed by atoms with E-state index >= 15 is 0 Å². The highest BCUT2D eigenvalue weighted by molar-refractivity contribution is 5.85. The van der Waals surface area contributed by atoms with Gasteiger partial charge in [0.15, 0.2) is 0 Å². The van der Waals surface area contributed by atoms with Gasteiger partial charge in [0.05, 0.1) is 52.9 Å². The lowest BCUT2D eigenvalue weighted by Gasteiger charge is -2.24. The number of aromatic hydroxyl groups is 1. The summed E-state index contributed by atoms with van der Waals surface area (Å²) in [6, 6.07) is 29.9. The molecule has 24 nitrogen and oxygen atoms in total. The van der Waals surface area contributed by atoms with Crippen LogP contribution in [0.2, 0.25) is 0 Å². The predicted molar refractivity (Wildman–Crippen MR) is 429 cm³/mol. The Kier molecular flexibility index (Phi) is 46.3. The molecule has 0 amide bonds. The number of amidine groups is 5. The molecular formula is C77H133N17O7. The van der Waals surface area contributed by atoms with Gasteiger partial charge in [-0.3, -0.25) is 0 Å². The van der Waals surface area contributed by atoms with Gasteiger partial charge in [0.2, 0.25) is 5.88 Å². The van der Waals surface area contributed by atoms with E-state index in [1.807, 2.05) is 212 Å². The second kappa shape index (κ2) is 49.7. The molecule has 2 aliphatic carbocycles. The minimum Gasteiger partial charge on any atom is -0.507 e. The lowest BCUT2D eigenvalue weighted by molar-refractivity contribution is 0.210. The van der Waals surface area contributed by atoms with E-state index in [2.05, 4.69) is 110 Å². The van der Waals surface area contributed by atoms with Crippen molar-refractivity contribution >= 4 is 65.9 Å². The van der Waals surface area contributed by atoms with Crippen molar-refractivity contribution in [2.45, 2.75) is 283 Å². The van der Waals surface area contributed by atoms with Gasteiger partial charge in [-0.05, 0) is 222 Å². The summed E-state index contributed by atoms with van der Waals surface area (Å²) in [5, 5.41) is 51.7. The fourth-order valence-corrected chi connectivity index (χ4v) is 7.70. The standard InChI is InChI=1S/C20H29N3O.C16H25N3O2.C16H25N3O.2C9H19N3O.C6H12N2O.CH4/c1-4-10-17(11-5-1)16-21-24-20(22-18-12-6-2-7-13-18)23-19-14-8-3-9-15-19;1-15(2,3)18-14(19-16(4,5)6)21-17-11-12-9-7-8-10-13(12)20;1-15(2,3)18-14(19-16(4,5)6)20-17-12-13-10-8-7-9-11-13;2*1-7(2)12-13-8(10-6)11-9(3,4)5;1-5(2)8-9-6(3)7-4;/h1,4-5,10-11,16,18-19H,2-3,6-9,12-15H2,(H,22,23);7-11,20H,1-6H3,(H,18,19);7-12H,1-6H3,(H,18,19);2*1-6H3,(H,10,11);7H,3H2,1-2,4H3;1H4/b21-16+;17-11+;17-12+;;;;. The molecule has 0 bridgehead atoms. The Morgan fingerprint density at radius 1 is 0.436 bits per heavy atom. The second-order valence-corrected chi connectivity index (χ2v) is 30.4. The first kappa shape index (κ1) is 94.2. The van der Waals surface area contributed by atoms with Crippen LogP contribution in [0.5, 0.6) is 5.75 Å². The van der Waals surface area contributed by atoms with Crippen molar-refractivity contribution in [3.05, 3.63) is 114 Å². The van der Waals surface area contributed by atoms with E-state index in [1.165, 1.54) is 70.4 Å². The van der Waals surface area contributed by atoms with Crippen molar-refractivity contribution in [3.63, 3.8) is 0 Å². The normalized spacial score (nSPS) is 14.4. The molecule has 2 fully saturated rings. The molecule has 568 valence electrons. The third-order valence-electron chi connectivity index (χ3n) is 11.8. The number of phenolic OH excluding ortho intramolecular Hbond substituents is 1. The van der Waals surface area contributed by atoms with Crippen LogP contribution in [0.15, 0.2) is 153 Å². The Labute approximate surface area is 609 Å². The van der Waals surface area contributed by atoms with Gasteiger partial charge in [-0.1, -0.05) is 150 Å². The maximum Gasteiger partial charge on any atom is 0.315 e. The minimum absolute atomic E-state index is 0. The molecule has 2 saturated carbocycles. The number of hydrogen-bond acceptors (Lipinski definition) is 19. The molecule has 101 heavy (non-hydrogen) atoms. The maximum absolute atomic E-state index is 9.66. The highest BCUT2D eigenvalue weighted by Gasteiger charge is 2.22. The summed E-state index contributed by atoms with van der Waals surface area (Å²) in [6.45, 7) is 51.0. The molecule has 0 atom stereocenters. The van der Waals surface area contributed by atoms with Crippen LogP contribution in [0.25, 0.3) is 0 Å². The molecule has 0 radical (unpaired) electrons. The third kappa shape index (κ3) is 58.7. The Bertz CT molecular complexity index is 3040. The minimum atomic E-state index is -0.280. The van der Waals surface area contributed by atoms with E-state index in [9.17, 15) is 5.11 Å². The topological polar surface area (TPSA) is 284 Å². The largest absolute Gasteiger partial charge is 0.507 e. The van der Waals surface area contributed by atoms with E-state index in [0.717, 1.165) is 28.3 Å². The first-order chi connectivity index (χ1) is 46.5. The van der Waals surface area contributed by atoms with E-state index in [0.29, 0.717) is 53.6 Å². The lowest BCUT2D eigenvalue weighted by atomic mass is 9.95. The summed E-state index contributed by atoms with van der Waals surface area (Å²) in [4.78, 5) is 52.9. The molecule has 24 heteroatoms. The smallest absolute Gasteiger partial charge is 0.315 e. The second-order valence-electron chi connectivity index (χ2n) is 30.4. The number of benzene rings is 3. The molecule has 0 unspecified atom stereocenters. The van der Waals surface area contributed by atoms with Crippen LogP contribution >= 0.6 is 0 Å². The molecule has 7 N–H and O–H groups in total. The summed E-state index contributed by atoms with van der Waals surface area (Å²) in [7, 11) is 5.05. The summed E-state index contributed by atoms with van der Waals surface area (Å²) in [5.74, 6) is 0.610. The Morgan fingerprint density at radius 3 is 1.12 bits per heavy atom. The van der Waals surface area contributed by atoms with Crippen LogP contribution in [0.4, 0.5) is 0 Å². The summed E-state index contributed by atoms with van der Waals surface area (Å²) in [5.41, 5.74) is 4.24. The first-order valence-electron chi connectivity index (χ1n) is 34.5. The maximum atomic E-state index is 9.66. The fraction of sp³-hybridized carbons (Fsp3) is 0.597.